The summed E-state index contributed by atoms with van der Waals surface area (Å²) in [4.78, 5) is 7.67. The van der Waals surface area contributed by atoms with Gasteiger partial charge in [-0.2, -0.15) is 0 Å². The Morgan fingerprint density at radius 1 is 1.17 bits per heavy atom. The van der Waals surface area contributed by atoms with E-state index in [4.69, 9.17) is 4.99 Å². The van der Waals surface area contributed by atoms with E-state index in [9.17, 15) is 8.42 Å². The number of rotatable bonds is 9. The molecule has 0 bridgehead atoms. The first kappa shape index (κ1) is 26.2. The molecule has 0 spiro atoms. The monoisotopic (exact) mass is 536 g/mol. The Labute approximate surface area is 193 Å². The SMILES string of the molecule is CCNC(=NCCN1CCCCC1CC)NCCc1ccc(S(C)(=O)=O)cc1.I. The highest BCUT2D eigenvalue weighted by Gasteiger charge is 2.19. The summed E-state index contributed by atoms with van der Waals surface area (Å²) in [5.74, 6) is 0.848. The number of piperidine rings is 1. The fourth-order valence-corrected chi connectivity index (χ4v) is 4.31. The lowest BCUT2D eigenvalue weighted by atomic mass is 10.0. The molecule has 1 fully saturated rings. The van der Waals surface area contributed by atoms with Gasteiger partial charge in [0, 0.05) is 31.9 Å². The number of benzene rings is 1. The van der Waals surface area contributed by atoms with Crippen molar-refractivity contribution < 1.29 is 8.42 Å². The number of nitrogens with one attached hydrogen (secondary N) is 2. The van der Waals surface area contributed by atoms with Gasteiger partial charge in [-0.1, -0.05) is 25.5 Å². The zero-order valence-electron chi connectivity index (χ0n) is 18.0. The number of sulfone groups is 1. The molecule has 0 amide bonds. The second-order valence-corrected chi connectivity index (χ2v) is 9.46. The minimum atomic E-state index is -3.14. The quantitative estimate of drug-likeness (QED) is 0.289. The van der Waals surface area contributed by atoms with Crippen molar-refractivity contribution in [2.75, 3.05) is 39.0 Å². The predicted octanol–water partition coefficient (Wildman–Crippen LogP) is 3.07. The van der Waals surface area contributed by atoms with Crippen molar-refractivity contribution in [3.63, 3.8) is 0 Å². The Kier molecular flexibility index (Phi) is 12.1. The van der Waals surface area contributed by atoms with Crippen LogP contribution >= 0.6 is 24.0 Å². The molecule has 2 N–H and O–H groups in total. The fourth-order valence-electron chi connectivity index (χ4n) is 3.68. The maximum atomic E-state index is 11.5. The first-order chi connectivity index (χ1) is 13.4. The van der Waals surface area contributed by atoms with Gasteiger partial charge in [0.15, 0.2) is 15.8 Å². The van der Waals surface area contributed by atoms with E-state index in [0.717, 1.165) is 50.2 Å². The Morgan fingerprint density at radius 2 is 1.90 bits per heavy atom. The van der Waals surface area contributed by atoms with Gasteiger partial charge in [0.25, 0.3) is 0 Å². The molecule has 0 aromatic heterocycles. The first-order valence-corrected chi connectivity index (χ1v) is 12.4. The van der Waals surface area contributed by atoms with Gasteiger partial charge in [-0.3, -0.25) is 9.89 Å². The van der Waals surface area contributed by atoms with Crippen LogP contribution in [0.3, 0.4) is 0 Å². The van der Waals surface area contributed by atoms with Gasteiger partial charge in [0.2, 0.25) is 0 Å². The predicted molar refractivity (Wildman–Crippen MR) is 132 cm³/mol. The van der Waals surface area contributed by atoms with Crippen LogP contribution < -0.4 is 10.6 Å². The number of likely N-dealkylation sites (tertiary alicyclic amines) is 1. The third kappa shape index (κ3) is 9.21. The third-order valence-corrected chi connectivity index (χ3v) is 6.41. The molecule has 1 aliphatic heterocycles. The van der Waals surface area contributed by atoms with E-state index < -0.39 is 9.84 Å². The van der Waals surface area contributed by atoms with Crippen LogP contribution in [0.25, 0.3) is 0 Å². The summed E-state index contributed by atoms with van der Waals surface area (Å²) in [6.07, 6.45) is 7.24. The van der Waals surface area contributed by atoms with Gasteiger partial charge in [0.05, 0.1) is 11.4 Å². The van der Waals surface area contributed by atoms with Gasteiger partial charge in [-0.15, -0.1) is 24.0 Å². The van der Waals surface area contributed by atoms with Crippen molar-refractivity contribution >= 4 is 39.8 Å². The average molecular weight is 537 g/mol. The summed E-state index contributed by atoms with van der Waals surface area (Å²) in [6, 6.07) is 7.82. The molecular formula is C21H37IN4O2S. The van der Waals surface area contributed by atoms with E-state index in [1.165, 1.54) is 38.5 Å². The number of hydrogen-bond acceptors (Lipinski definition) is 4. The molecule has 1 aromatic carbocycles. The summed E-state index contributed by atoms with van der Waals surface area (Å²) < 4.78 is 23.1. The van der Waals surface area contributed by atoms with Gasteiger partial charge in [-0.25, -0.2) is 8.42 Å². The summed E-state index contributed by atoms with van der Waals surface area (Å²) in [7, 11) is -3.14. The zero-order chi connectivity index (χ0) is 20.4. The van der Waals surface area contributed by atoms with Crippen molar-refractivity contribution in [3.8, 4) is 0 Å². The molecule has 1 aliphatic rings. The maximum Gasteiger partial charge on any atom is 0.191 e. The molecule has 0 aliphatic carbocycles. The maximum absolute atomic E-state index is 11.5. The van der Waals surface area contributed by atoms with Crippen LogP contribution in [-0.4, -0.2) is 64.3 Å². The van der Waals surface area contributed by atoms with Crippen LogP contribution in [0.2, 0.25) is 0 Å². The first-order valence-electron chi connectivity index (χ1n) is 10.5. The topological polar surface area (TPSA) is 73.8 Å². The van der Waals surface area contributed by atoms with Crippen molar-refractivity contribution in [3.05, 3.63) is 29.8 Å². The molecule has 1 saturated heterocycles. The lowest BCUT2D eigenvalue weighted by Gasteiger charge is -2.34. The third-order valence-electron chi connectivity index (χ3n) is 5.28. The van der Waals surface area contributed by atoms with Crippen LogP contribution in [-0.2, 0) is 16.3 Å². The van der Waals surface area contributed by atoms with E-state index in [0.29, 0.717) is 4.90 Å². The van der Waals surface area contributed by atoms with E-state index in [-0.39, 0.29) is 24.0 Å². The van der Waals surface area contributed by atoms with E-state index in [1.54, 1.807) is 12.1 Å². The highest BCUT2D eigenvalue weighted by molar-refractivity contribution is 14.0. The summed E-state index contributed by atoms with van der Waals surface area (Å²) in [5, 5.41) is 6.68. The molecule has 1 heterocycles. The molecule has 1 aromatic rings. The highest BCUT2D eigenvalue weighted by Crippen LogP contribution is 2.18. The Balaban J connectivity index is 0.00000420. The van der Waals surface area contributed by atoms with E-state index in [1.807, 2.05) is 12.1 Å². The number of nitrogens with zero attached hydrogens (tertiary/aromatic N) is 2. The zero-order valence-corrected chi connectivity index (χ0v) is 21.1. The van der Waals surface area contributed by atoms with Gasteiger partial charge >= 0.3 is 0 Å². The van der Waals surface area contributed by atoms with Crippen molar-refractivity contribution in [2.24, 2.45) is 4.99 Å². The Morgan fingerprint density at radius 3 is 2.52 bits per heavy atom. The molecule has 8 heteroatoms. The molecule has 0 saturated carbocycles. The highest BCUT2D eigenvalue weighted by atomic mass is 127. The standard InChI is InChI=1S/C21H36N4O2S.HI/c1-4-19-8-6-7-16-25(19)17-15-24-21(22-5-2)23-14-13-18-9-11-20(12-10-18)28(3,26)27;/h9-12,19H,4-8,13-17H2,1-3H3,(H2,22,23,24);1H. The molecule has 1 atom stereocenters. The van der Waals surface area contributed by atoms with Gasteiger partial charge in [-0.05, 0) is 56.8 Å². The normalized spacial score (nSPS) is 18.2. The van der Waals surface area contributed by atoms with Crippen molar-refractivity contribution in [2.45, 2.75) is 56.9 Å². The second-order valence-electron chi connectivity index (χ2n) is 7.45. The van der Waals surface area contributed by atoms with Crippen LogP contribution in [0, 0.1) is 0 Å². The van der Waals surface area contributed by atoms with E-state index >= 15 is 0 Å². The largest absolute Gasteiger partial charge is 0.357 e. The van der Waals surface area contributed by atoms with Crippen LogP contribution in [0.4, 0.5) is 0 Å². The van der Waals surface area contributed by atoms with Gasteiger partial charge in [0.1, 0.15) is 0 Å². The lowest BCUT2D eigenvalue weighted by molar-refractivity contribution is 0.148. The lowest BCUT2D eigenvalue weighted by Crippen LogP contribution is -2.42. The molecule has 166 valence electrons. The minimum Gasteiger partial charge on any atom is -0.357 e. The number of hydrogen-bond donors (Lipinski definition) is 2. The number of guanidine groups is 1. The van der Waals surface area contributed by atoms with Crippen LogP contribution in [0.15, 0.2) is 34.2 Å². The number of aliphatic imine (C=N–C) groups is 1. The van der Waals surface area contributed by atoms with Gasteiger partial charge < -0.3 is 10.6 Å². The molecule has 6 nitrogen and oxygen atoms in total. The van der Waals surface area contributed by atoms with E-state index in [2.05, 4.69) is 29.4 Å². The molecule has 0 radical (unpaired) electrons. The van der Waals surface area contributed by atoms with Crippen LogP contribution in [0.1, 0.15) is 45.1 Å². The minimum absolute atomic E-state index is 0. The second kappa shape index (κ2) is 13.4. The van der Waals surface area contributed by atoms with Crippen molar-refractivity contribution in [1.29, 1.82) is 0 Å². The molecule has 1 unspecified atom stereocenters. The summed E-state index contributed by atoms with van der Waals surface area (Å²) >= 11 is 0. The summed E-state index contributed by atoms with van der Waals surface area (Å²) in [6.45, 7) is 8.94. The molecule has 2 rings (SSSR count). The molecular weight excluding hydrogens is 499 g/mol. The number of halogens is 1. The Hall–Kier alpha value is -0.870. The fraction of sp³-hybridized carbons (Fsp3) is 0.667. The Bertz CT molecular complexity index is 723. The molecule has 29 heavy (non-hydrogen) atoms. The van der Waals surface area contributed by atoms with Crippen LogP contribution in [0.5, 0.6) is 0 Å². The average Bonchev–Trinajstić information content (AvgIpc) is 2.68. The summed E-state index contributed by atoms with van der Waals surface area (Å²) in [5.41, 5.74) is 1.11. The van der Waals surface area contributed by atoms with Crippen molar-refractivity contribution in [1.82, 2.24) is 15.5 Å². The smallest absolute Gasteiger partial charge is 0.191 e.